The van der Waals surface area contributed by atoms with E-state index in [-0.39, 0.29) is 5.47 Å². The highest BCUT2D eigenvalue weighted by molar-refractivity contribution is 14.2. The fraction of sp³-hybridized carbons (Fsp3) is 0.591. The number of nitrogens with zero attached hydrogens (tertiary/aromatic N) is 2. The molecule has 0 spiro atoms. The number of rotatable bonds is 3. The monoisotopic (exact) mass is 620 g/mol. The third-order valence-electron chi connectivity index (χ3n) is 7.98. The molecule has 1 aromatic carbocycles. The number of alkyl halides is 3. The molecule has 2 fully saturated rings. The molecule has 6 nitrogen and oxygen atoms in total. The lowest BCUT2D eigenvalue weighted by molar-refractivity contribution is -0.126. The minimum Gasteiger partial charge on any atom is -0.400 e. The van der Waals surface area contributed by atoms with Crippen LogP contribution < -0.4 is 0 Å². The summed E-state index contributed by atoms with van der Waals surface area (Å²) in [5.41, 5.74) is -1.63. The Hall–Kier alpha value is -0.650. The summed E-state index contributed by atoms with van der Waals surface area (Å²) in [5.74, 6) is 0. The smallest absolute Gasteiger partial charge is 0.400 e. The summed E-state index contributed by atoms with van der Waals surface area (Å²) in [7, 11) is -2.19. The van der Waals surface area contributed by atoms with E-state index in [1.54, 1.807) is 12.3 Å². The molecule has 4 bridgehead atoms. The molecule has 3 aliphatic rings. The van der Waals surface area contributed by atoms with Crippen LogP contribution in [0.2, 0.25) is 0 Å². The molecule has 3 aliphatic heterocycles. The Morgan fingerprint density at radius 1 is 1.00 bits per heavy atom. The molecule has 3 unspecified atom stereocenters. The number of hydrogen-bond donors (Lipinski definition) is 0. The molecular weight excluding hydrogens is 593 g/mol. The first-order valence-corrected chi connectivity index (χ1v) is 15.5. The maximum Gasteiger partial charge on any atom is 0.494 e. The van der Waals surface area contributed by atoms with Gasteiger partial charge in [0.1, 0.15) is 0 Å². The van der Waals surface area contributed by atoms with Crippen LogP contribution in [-0.4, -0.2) is 52.4 Å². The van der Waals surface area contributed by atoms with E-state index in [0.29, 0.717) is 23.8 Å². The molecular formula is C22H27B2F3IN2O4P. The van der Waals surface area contributed by atoms with Gasteiger partial charge in [0.15, 0.2) is 0 Å². The largest absolute Gasteiger partial charge is 0.494 e. The van der Waals surface area contributed by atoms with Crippen molar-refractivity contribution in [1.82, 2.24) is 9.55 Å². The van der Waals surface area contributed by atoms with Crippen LogP contribution in [0.15, 0.2) is 29.9 Å². The van der Waals surface area contributed by atoms with E-state index in [1.807, 2.05) is 58.1 Å². The Morgan fingerprint density at radius 3 is 2.20 bits per heavy atom. The average Bonchev–Trinajstić information content (AvgIpc) is 3.30. The number of halogens is 4. The lowest BCUT2D eigenvalue weighted by Crippen LogP contribution is -2.55. The zero-order valence-electron chi connectivity index (χ0n) is 20.4. The summed E-state index contributed by atoms with van der Waals surface area (Å²) in [6, 6.07) is 5.52. The summed E-state index contributed by atoms with van der Waals surface area (Å²) in [6.07, 6.45) is -3.18. The second-order valence-electron chi connectivity index (χ2n) is 10.9. The van der Waals surface area contributed by atoms with Crippen LogP contribution in [0, 0.1) is 0 Å². The molecule has 0 radical (unpaired) electrons. The Balaban J connectivity index is 1.78. The molecule has 13 heteroatoms. The summed E-state index contributed by atoms with van der Waals surface area (Å²) < 4.78 is 69.4. The molecule has 188 valence electrons. The number of fused-ring (bicyclic) bond motifs is 5. The van der Waals surface area contributed by atoms with Crippen LogP contribution in [-0.2, 0) is 18.6 Å². The van der Waals surface area contributed by atoms with Crippen molar-refractivity contribution >= 4 is 59.0 Å². The minimum atomic E-state index is -4.49. The lowest BCUT2D eigenvalue weighted by Gasteiger charge is -2.45. The van der Waals surface area contributed by atoms with Crippen LogP contribution in [0.3, 0.4) is 0 Å². The summed E-state index contributed by atoms with van der Waals surface area (Å²) in [5, 5.41) is 5.21. The number of hydrogen-bond acceptors (Lipinski definition) is 5. The van der Waals surface area contributed by atoms with E-state index in [9.17, 15) is 13.2 Å². The predicted molar refractivity (Wildman–Crippen MR) is 140 cm³/mol. The van der Waals surface area contributed by atoms with Crippen LogP contribution in [0.1, 0.15) is 59.9 Å². The van der Waals surface area contributed by atoms with Gasteiger partial charge in [0, 0.05) is 11.8 Å². The highest BCUT2D eigenvalue weighted by Gasteiger charge is 2.66. The van der Waals surface area contributed by atoms with Crippen LogP contribution in [0.5, 0.6) is 0 Å². The molecule has 2 saturated heterocycles. The van der Waals surface area contributed by atoms with Gasteiger partial charge in [-0.25, -0.2) is 4.45 Å². The summed E-state index contributed by atoms with van der Waals surface area (Å²) in [4.78, 5) is 0. The molecule has 1 aromatic heterocycles. The Kier molecular flexibility index (Phi) is 6.07. The number of benzene rings is 1. The van der Waals surface area contributed by atoms with Crippen LogP contribution in [0.25, 0.3) is 16.4 Å². The molecule has 0 saturated carbocycles. The van der Waals surface area contributed by atoms with E-state index in [2.05, 4.69) is 27.1 Å². The van der Waals surface area contributed by atoms with Crippen molar-refractivity contribution in [2.75, 3.05) is 0 Å². The molecule has 4 heterocycles. The van der Waals surface area contributed by atoms with Gasteiger partial charge in [-0.1, -0.05) is 6.07 Å². The average molecular weight is 620 g/mol. The Bertz CT molecular complexity index is 1220. The summed E-state index contributed by atoms with van der Waals surface area (Å²) in [6.45, 7) is 11.4. The number of aromatic nitrogens is 2. The molecule has 5 rings (SSSR count). The molecule has 0 amide bonds. The highest BCUT2D eigenvalue weighted by atomic mass is 127. The van der Waals surface area contributed by atoms with E-state index in [4.69, 9.17) is 18.6 Å². The SMILES string of the molecule is CC1(C)OB2OC1(C)CC1(C)OB(OC1(C)C)C(c1ccc3c(cnn3PI)c1)=C2CC(F)(F)F. The highest BCUT2D eigenvalue weighted by Crippen LogP contribution is 2.54. The fourth-order valence-electron chi connectivity index (χ4n) is 5.26. The first kappa shape index (κ1) is 26.0. The third-order valence-corrected chi connectivity index (χ3v) is 9.86. The summed E-state index contributed by atoms with van der Waals surface area (Å²) >= 11 is 2.24. The first-order chi connectivity index (χ1) is 16.1. The van der Waals surface area contributed by atoms with Gasteiger partial charge in [-0.05, 0) is 92.2 Å². The molecule has 3 atom stereocenters. The first-order valence-electron chi connectivity index (χ1n) is 11.4. The van der Waals surface area contributed by atoms with Crippen molar-refractivity contribution < 1.29 is 31.8 Å². The Labute approximate surface area is 218 Å². The second kappa shape index (κ2) is 8.17. The van der Waals surface area contributed by atoms with E-state index in [1.165, 1.54) is 0 Å². The van der Waals surface area contributed by atoms with Gasteiger partial charge >= 0.3 is 20.4 Å². The van der Waals surface area contributed by atoms with Crippen molar-refractivity contribution in [3.63, 3.8) is 0 Å². The maximum absolute atomic E-state index is 14.0. The molecule has 2 aromatic rings. The predicted octanol–water partition coefficient (Wildman–Crippen LogP) is 6.16. The van der Waals surface area contributed by atoms with E-state index >= 15 is 0 Å². The minimum absolute atomic E-state index is 0.0243. The van der Waals surface area contributed by atoms with Crippen molar-refractivity contribution in [3.8, 4) is 0 Å². The van der Waals surface area contributed by atoms with Gasteiger partial charge in [0.2, 0.25) is 0 Å². The van der Waals surface area contributed by atoms with Crippen LogP contribution >= 0.6 is 28.4 Å². The van der Waals surface area contributed by atoms with Crippen LogP contribution in [0.4, 0.5) is 13.2 Å². The molecule has 0 N–H and O–H groups in total. The van der Waals surface area contributed by atoms with E-state index < -0.39 is 49.2 Å². The van der Waals surface area contributed by atoms with Gasteiger partial charge in [-0.2, -0.15) is 18.3 Å². The zero-order valence-corrected chi connectivity index (χ0v) is 23.6. The standard InChI is InChI=1S/C22H27B2F3IN2O4P/c1-18(2)20(5)12-21(6)19(3,4)32-24(34-21)17(15(10-22(25,26)27)23(31-18)33-20)13-7-8-16-14(9-13)11-29-30(16)35-28/h7-9,11,35H,10,12H2,1-6H3. The topological polar surface area (TPSA) is 54.7 Å². The normalized spacial score (nSPS) is 30.5. The van der Waals surface area contributed by atoms with Crippen molar-refractivity contribution in [2.45, 2.75) is 83.0 Å². The molecule has 35 heavy (non-hydrogen) atoms. The third kappa shape index (κ3) is 4.20. The second-order valence-corrected chi connectivity index (χ2v) is 13.0. The number of allylic oxidation sites excluding steroid dienone is 1. The molecule has 0 aliphatic carbocycles. The fourth-order valence-corrected chi connectivity index (χ4v) is 6.81. The van der Waals surface area contributed by atoms with Gasteiger partial charge in [-0.15, -0.1) is 0 Å². The van der Waals surface area contributed by atoms with Crippen molar-refractivity contribution in [1.29, 1.82) is 0 Å². The lowest BCUT2D eigenvalue weighted by atomic mass is 9.61. The van der Waals surface area contributed by atoms with Crippen molar-refractivity contribution in [3.05, 3.63) is 35.4 Å². The van der Waals surface area contributed by atoms with Gasteiger partial charge in [0.05, 0.1) is 46.9 Å². The Morgan fingerprint density at radius 2 is 1.60 bits per heavy atom. The van der Waals surface area contributed by atoms with E-state index in [0.717, 1.165) is 10.9 Å². The maximum atomic E-state index is 14.0. The van der Waals surface area contributed by atoms with Gasteiger partial charge < -0.3 is 18.6 Å². The van der Waals surface area contributed by atoms with Crippen molar-refractivity contribution in [2.24, 2.45) is 0 Å². The zero-order chi connectivity index (χ0) is 25.6. The van der Waals surface area contributed by atoms with Gasteiger partial charge in [0.25, 0.3) is 0 Å². The quantitative estimate of drug-likeness (QED) is 0.234. The van der Waals surface area contributed by atoms with Gasteiger partial charge in [-0.3, -0.25) is 0 Å².